The summed E-state index contributed by atoms with van der Waals surface area (Å²) in [6.07, 6.45) is 6.98. The highest BCUT2D eigenvalue weighted by Gasteiger charge is 2.11. The molecule has 0 radical (unpaired) electrons. The molecule has 1 aromatic rings. The quantitative estimate of drug-likeness (QED) is 0.766. The fraction of sp³-hybridized carbons (Fsp3) is 0.600. The molecule has 2 nitrogen and oxygen atoms in total. The van der Waals surface area contributed by atoms with Gasteiger partial charge in [0.25, 0.3) is 0 Å². The second kappa shape index (κ2) is 6.06. The van der Waals surface area contributed by atoms with Gasteiger partial charge in [-0.25, -0.2) is 0 Å². The normalized spacial score (nSPS) is 15.4. The monoisotopic (exact) mass is 233 g/mol. The van der Waals surface area contributed by atoms with Crippen molar-refractivity contribution in [2.45, 2.75) is 51.5 Å². The molecule has 2 rings (SSSR count). The Morgan fingerprint density at radius 3 is 3.06 bits per heavy atom. The molecule has 1 aliphatic rings. The zero-order valence-corrected chi connectivity index (χ0v) is 10.7. The average Bonchev–Trinajstić information content (AvgIpc) is 2.81. The van der Waals surface area contributed by atoms with E-state index in [4.69, 9.17) is 10.5 Å². The van der Waals surface area contributed by atoms with E-state index in [1.54, 1.807) is 0 Å². The predicted molar refractivity (Wildman–Crippen MR) is 71.5 cm³/mol. The Bertz CT molecular complexity index is 362. The topological polar surface area (TPSA) is 35.2 Å². The molecular weight excluding hydrogens is 210 g/mol. The zero-order chi connectivity index (χ0) is 12.1. The van der Waals surface area contributed by atoms with Crippen LogP contribution in [0, 0.1) is 0 Å². The van der Waals surface area contributed by atoms with E-state index in [1.807, 2.05) is 0 Å². The SMILES string of the molecule is CCC(N)CCCCc1ccc2c(c1)CCO2. The lowest BCUT2D eigenvalue weighted by Crippen LogP contribution is -2.17. The van der Waals surface area contributed by atoms with Gasteiger partial charge >= 0.3 is 0 Å². The summed E-state index contributed by atoms with van der Waals surface area (Å²) in [6, 6.07) is 7.02. The van der Waals surface area contributed by atoms with E-state index in [9.17, 15) is 0 Å². The number of hydrogen-bond acceptors (Lipinski definition) is 2. The molecule has 1 aliphatic heterocycles. The van der Waals surface area contributed by atoms with Crippen molar-refractivity contribution in [3.63, 3.8) is 0 Å². The van der Waals surface area contributed by atoms with E-state index in [0.29, 0.717) is 6.04 Å². The van der Waals surface area contributed by atoms with E-state index in [-0.39, 0.29) is 0 Å². The number of nitrogens with two attached hydrogens (primary N) is 1. The number of unbranched alkanes of at least 4 members (excludes halogenated alkanes) is 1. The van der Waals surface area contributed by atoms with Gasteiger partial charge in [0.15, 0.2) is 0 Å². The Balaban J connectivity index is 1.76. The number of rotatable bonds is 6. The molecule has 2 heteroatoms. The number of hydrogen-bond donors (Lipinski definition) is 1. The Kier molecular flexibility index (Phi) is 4.43. The molecule has 0 aromatic heterocycles. The molecule has 1 aromatic carbocycles. The Hall–Kier alpha value is -1.02. The molecule has 94 valence electrons. The van der Waals surface area contributed by atoms with Crippen LogP contribution in [-0.2, 0) is 12.8 Å². The van der Waals surface area contributed by atoms with Crippen LogP contribution in [0.5, 0.6) is 5.75 Å². The van der Waals surface area contributed by atoms with Gasteiger partial charge in [-0.2, -0.15) is 0 Å². The summed E-state index contributed by atoms with van der Waals surface area (Å²) < 4.78 is 5.51. The van der Waals surface area contributed by atoms with E-state index in [0.717, 1.165) is 31.6 Å². The third kappa shape index (κ3) is 3.47. The summed E-state index contributed by atoms with van der Waals surface area (Å²) in [7, 11) is 0. The van der Waals surface area contributed by atoms with Crippen molar-refractivity contribution in [3.8, 4) is 5.75 Å². The molecule has 0 amide bonds. The smallest absolute Gasteiger partial charge is 0.122 e. The molecule has 0 spiro atoms. The van der Waals surface area contributed by atoms with Gasteiger partial charge in [0, 0.05) is 12.5 Å². The molecule has 0 fully saturated rings. The van der Waals surface area contributed by atoms with Gasteiger partial charge < -0.3 is 10.5 Å². The summed E-state index contributed by atoms with van der Waals surface area (Å²) >= 11 is 0. The van der Waals surface area contributed by atoms with Crippen LogP contribution in [0.2, 0.25) is 0 Å². The summed E-state index contributed by atoms with van der Waals surface area (Å²) in [6.45, 7) is 3.01. The van der Waals surface area contributed by atoms with Crippen molar-refractivity contribution in [2.75, 3.05) is 6.61 Å². The highest BCUT2D eigenvalue weighted by molar-refractivity contribution is 5.39. The first-order valence-electron chi connectivity index (χ1n) is 6.79. The predicted octanol–water partition coefficient (Wildman–Crippen LogP) is 3.07. The van der Waals surface area contributed by atoms with Gasteiger partial charge in [0.2, 0.25) is 0 Å². The van der Waals surface area contributed by atoms with Crippen LogP contribution in [-0.4, -0.2) is 12.6 Å². The fourth-order valence-corrected chi connectivity index (χ4v) is 2.34. The Morgan fingerprint density at radius 2 is 2.24 bits per heavy atom. The number of fused-ring (bicyclic) bond motifs is 1. The second-order valence-corrected chi connectivity index (χ2v) is 4.95. The number of benzene rings is 1. The summed E-state index contributed by atoms with van der Waals surface area (Å²) in [5.74, 6) is 1.08. The lowest BCUT2D eigenvalue weighted by atomic mass is 10.0. The average molecular weight is 233 g/mol. The van der Waals surface area contributed by atoms with Crippen LogP contribution in [0.15, 0.2) is 18.2 Å². The third-order valence-electron chi connectivity index (χ3n) is 3.57. The first-order valence-corrected chi connectivity index (χ1v) is 6.79. The minimum absolute atomic E-state index is 0.392. The molecule has 1 atom stereocenters. The van der Waals surface area contributed by atoms with Crippen LogP contribution < -0.4 is 10.5 Å². The van der Waals surface area contributed by atoms with Crippen LogP contribution >= 0.6 is 0 Å². The minimum Gasteiger partial charge on any atom is -0.493 e. The van der Waals surface area contributed by atoms with E-state index in [2.05, 4.69) is 25.1 Å². The van der Waals surface area contributed by atoms with Gasteiger partial charge in [0.1, 0.15) is 5.75 Å². The van der Waals surface area contributed by atoms with Gasteiger partial charge in [-0.3, -0.25) is 0 Å². The van der Waals surface area contributed by atoms with E-state index >= 15 is 0 Å². The minimum atomic E-state index is 0.392. The van der Waals surface area contributed by atoms with Crippen LogP contribution in [0.3, 0.4) is 0 Å². The lowest BCUT2D eigenvalue weighted by Gasteiger charge is -2.08. The van der Waals surface area contributed by atoms with Gasteiger partial charge in [-0.15, -0.1) is 0 Å². The van der Waals surface area contributed by atoms with Crippen LogP contribution in [0.4, 0.5) is 0 Å². The second-order valence-electron chi connectivity index (χ2n) is 4.95. The maximum Gasteiger partial charge on any atom is 0.122 e. The van der Waals surface area contributed by atoms with E-state index in [1.165, 1.54) is 30.4 Å². The highest BCUT2D eigenvalue weighted by atomic mass is 16.5. The maximum absolute atomic E-state index is 5.91. The fourth-order valence-electron chi connectivity index (χ4n) is 2.34. The van der Waals surface area contributed by atoms with Gasteiger partial charge in [-0.05, 0) is 42.9 Å². The summed E-state index contributed by atoms with van der Waals surface area (Å²) in [5.41, 5.74) is 8.74. The third-order valence-corrected chi connectivity index (χ3v) is 3.57. The van der Waals surface area contributed by atoms with Crippen molar-refractivity contribution in [3.05, 3.63) is 29.3 Å². The van der Waals surface area contributed by atoms with Crippen molar-refractivity contribution < 1.29 is 4.74 Å². The first-order chi connectivity index (χ1) is 8.29. The number of ether oxygens (including phenoxy) is 1. The summed E-state index contributed by atoms with van der Waals surface area (Å²) in [5, 5.41) is 0. The standard InChI is InChI=1S/C15H23NO/c1-2-14(16)6-4-3-5-12-7-8-15-13(11-12)9-10-17-15/h7-8,11,14H,2-6,9-10,16H2,1H3. The maximum atomic E-state index is 5.91. The van der Waals surface area contributed by atoms with Crippen molar-refractivity contribution >= 4 is 0 Å². The molecule has 0 bridgehead atoms. The molecule has 2 N–H and O–H groups in total. The van der Waals surface area contributed by atoms with Crippen molar-refractivity contribution in [1.82, 2.24) is 0 Å². The molecule has 1 unspecified atom stereocenters. The Labute approximate surface area is 104 Å². The Morgan fingerprint density at radius 1 is 1.35 bits per heavy atom. The van der Waals surface area contributed by atoms with Crippen molar-refractivity contribution in [2.24, 2.45) is 5.73 Å². The number of aryl methyl sites for hydroxylation is 1. The molecule has 1 heterocycles. The summed E-state index contributed by atoms with van der Waals surface area (Å²) in [4.78, 5) is 0. The largest absolute Gasteiger partial charge is 0.493 e. The molecule has 0 aliphatic carbocycles. The van der Waals surface area contributed by atoms with Crippen molar-refractivity contribution in [1.29, 1.82) is 0 Å². The van der Waals surface area contributed by atoms with Crippen LogP contribution in [0.1, 0.15) is 43.7 Å². The van der Waals surface area contributed by atoms with Gasteiger partial charge in [-0.1, -0.05) is 25.5 Å². The zero-order valence-electron chi connectivity index (χ0n) is 10.7. The molecule has 0 saturated heterocycles. The van der Waals surface area contributed by atoms with E-state index < -0.39 is 0 Å². The van der Waals surface area contributed by atoms with Gasteiger partial charge in [0.05, 0.1) is 6.61 Å². The lowest BCUT2D eigenvalue weighted by molar-refractivity contribution is 0.357. The first kappa shape index (κ1) is 12.4. The molecule has 0 saturated carbocycles. The highest BCUT2D eigenvalue weighted by Crippen LogP contribution is 2.26. The molecule has 17 heavy (non-hydrogen) atoms. The van der Waals surface area contributed by atoms with Crippen LogP contribution in [0.25, 0.3) is 0 Å². The molecular formula is C15H23NO.